The zero-order valence-corrected chi connectivity index (χ0v) is 13.7. The average molecular weight is 361 g/mol. The molecule has 0 saturated carbocycles. The lowest BCUT2D eigenvalue weighted by Crippen LogP contribution is -2.25. The third-order valence-corrected chi connectivity index (χ3v) is 4.41. The number of carboxylic acids is 1. The first-order valence-corrected chi connectivity index (χ1v) is 7.99. The first-order chi connectivity index (χ1) is 10.4. The van der Waals surface area contributed by atoms with Crippen LogP contribution in [0, 0.1) is 0 Å². The van der Waals surface area contributed by atoms with Crippen LogP contribution >= 0.6 is 12.4 Å². The van der Waals surface area contributed by atoms with Crippen molar-refractivity contribution in [2.24, 2.45) is 0 Å². The number of imidazole rings is 1. The molecule has 0 spiro atoms. The predicted molar refractivity (Wildman–Crippen MR) is 87.2 cm³/mol. The maximum Gasteiger partial charge on any atom is 0.335 e. The van der Waals surface area contributed by atoms with E-state index in [1.165, 1.54) is 18.2 Å². The largest absolute Gasteiger partial charge is 0.478 e. The van der Waals surface area contributed by atoms with Gasteiger partial charge in [0.05, 0.1) is 16.7 Å². The fraction of sp³-hybridized carbons (Fsp3) is 0.231. The predicted octanol–water partition coefficient (Wildman–Crippen LogP) is 1.02. The molecule has 0 aliphatic rings. The molecule has 1 heterocycles. The molecule has 0 aliphatic heterocycles. The zero-order valence-electron chi connectivity index (χ0n) is 12.0. The third kappa shape index (κ3) is 5.23. The highest BCUT2D eigenvalue weighted by Gasteiger charge is 2.15. The molecule has 0 radical (unpaired) electrons. The maximum absolute atomic E-state index is 12.1. The molecule has 1 aromatic heterocycles. The van der Waals surface area contributed by atoms with Gasteiger partial charge in [-0.25, -0.2) is 22.9 Å². The molecule has 0 amide bonds. The fourth-order valence-electron chi connectivity index (χ4n) is 1.87. The second kappa shape index (κ2) is 7.95. The molecule has 0 fully saturated rings. The second-order valence-corrected chi connectivity index (χ2v) is 6.39. The molecule has 8 nitrogen and oxygen atoms in total. The number of aryl methyl sites for hydroxylation is 1. The quantitative estimate of drug-likeness (QED) is 0.544. The summed E-state index contributed by atoms with van der Waals surface area (Å²) in [6, 6.07) is 5.21. The Morgan fingerprint density at radius 3 is 2.74 bits per heavy atom. The number of nitrogens with one attached hydrogen (secondary N) is 2. The summed E-state index contributed by atoms with van der Waals surface area (Å²) < 4.78 is 26.6. The Bertz CT molecular complexity index is 776. The van der Waals surface area contributed by atoms with Crippen LogP contribution in [0.2, 0.25) is 0 Å². The number of nitrogens with two attached hydrogens (primary N) is 1. The van der Waals surface area contributed by atoms with E-state index in [0.29, 0.717) is 18.8 Å². The van der Waals surface area contributed by atoms with Crippen molar-refractivity contribution >= 4 is 34.3 Å². The number of anilines is 1. The van der Waals surface area contributed by atoms with Crippen molar-refractivity contribution in [3.8, 4) is 0 Å². The highest BCUT2D eigenvalue weighted by molar-refractivity contribution is 7.89. The van der Waals surface area contributed by atoms with Crippen LogP contribution in [0.4, 0.5) is 5.95 Å². The van der Waals surface area contributed by atoms with Gasteiger partial charge in [-0.1, -0.05) is 6.07 Å². The number of halogens is 1. The number of carbonyl (C=O) groups is 1. The summed E-state index contributed by atoms with van der Waals surface area (Å²) in [6.07, 6.45) is 2.75. The molecule has 0 atom stereocenters. The van der Waals surface area contributed by atoms with Crippen molar-refractivity contribution in [2.45, 2.75) is 17.7 Å². The Labute approximate surface area is 139 Å². The lowest BCUT2D eigenvalue weighted by atomic mass is 10.2. The maximum atomic E-state index is 12.1. The highest BCUT2D eigenvalue weighted by atomic mass is 35.5. The standard InChI is InChI=1S/C13H16N4O4S.ClH/c14-13-15-8-10(17-13)4-2-6-16-22(20,21)11-5-1-3-9(7-11)12(18)19;/h1,3,5,7-8,16H,2,4,6H2,(H,18,19)(H3,14,15,17);1H. The molecule has 2 aromatic rings. The molecule has 1 aromatic carbocycles. The van der Waals surface area contributed by atoms with Crippen molar-refractivity contribution in [3.05, 3.63) is 41.7 Å². The van der Waals surface area contributed by atoms with Crippen molar-refractivity contribution in [1.82, 2.24) is 14.7 Å². The molecule has 10 heteroatoms. The number of carboxylic acid groups (broad SMARTS) is 1. The zero-order chi connectivity index (χ0) is 16.2. The molecule has 0 saturated heterocycles. The third-order valence-electron chi connectivity index (χ3n) is 2.95. The van der Waals surface area contributed by atoms with Crippen LogP contribution in [0.3, 0.4) is 0 Å². The highest BCUT2D eigenvalue weighted by Crippen LogP contribution is 2.11. The van der Waals surface area contributed by atoms with Crippen molar-refractivity contribution < 1.29 is 18.3 Å². The summed E-state index contributed by atoms with van der Waals surface area (Å²) in [6.45, 7) is 0.221. The van der Waals surface area contributed by atoms with Gasteiger partial charge in [0.15, 0.2) is 5.95 Å². The Balaban J connectivity index is 0.00000264. The number of H-pyrrole nitrogens is 1. The number of sulfonamides is 1. The molecular formula is C13H17ClN4O4S. The summed E-state index contributed by atoms with van der Waals surface area (Å²) in [5.74, 6) is -0.852. The lowest BCUT2D eigenvalue weighted by molar-refractivity contribution is 0.0696. The van der Waals surface area contributed by atoms with Gasteiger partial charge in [-0.05, 0) is 31.0 Å². The van der Waals surface area contributed by atoms with Crippen molar-refractivity contribution in [2.75, 3.05) is 12.3 Å². The van der Waals surface area contributed by atoms with E-state index in [4.69, 9.17) is 10.8 Å². The summed E-state index contributed by atoms with van der Waals surface area (Å²) in [5, 5.41) is 8.88. The van der Waals surface area contributed by atoms with Crippen LogP contribution in [0.25, 0.3) is 0 Å². The second-order valence-electron chi connectivity index (χ2n) is 4.63. The molecule has 23 heavy (non-hydrogen) atoms. The van der Waals surface area contributed by atoms with Crippen LogP contribution in [-0.4, -0.2) is 36.0 Å². The Hall–Kier alpha value is -2.10. The Morgan fingerprint density at radius 2 is 2.13 bits per heavy atom. The summed E-state index contributed by atoms with van der Waals surface area (Å²) in [7, 11) is -3.73. The number of hydrogen-bond donors (Lipinski definition) is 4. The van der Waals surface area contributed by atoms with Crippen LogP contribution in [0.5, 0.6) is 0 Å². The van der Waals surface area contributed by atoms with Gasteiger partial charge in [0.2, 0.25) is 10.0 Å². The van der Waals surface area contributed by atoms with Crippen molar-refractivity contribution in [1.29, 1.82) is 0 Å². The van der Waals surface area contributed by atoms with Gasteiger partial charge in [-0.3, -0.25) is 0 Å². The van der Waals surface area contributed by atoms with E-state index in [2.05, 4.69) is 14.7 Å². The number of hydrogen-bond acceptors (Lipinski definition) is 5. The Morgan fingerprint density at radius 1 is 1.39 bits per heavy atom. The molecule has 0 aliphatic carbocycles. The van der Waals surface area contributed by atoms with Gasteiger partial charge in [0, 0.05) is 12.2 Å². The van der Waals surface area contributed by atoms with Gasteiger partial charge < -0.3 is 15.8 Å². The van der Waals surface area contributed by atoms with Gasteiger partial charge >= 0.3 is 5.97 Å². The first-order valence-electron chi connectivity index (χ1n) is 6.51. The van der Waals surface area contributed by atoms with E-state index in [-0.39, 0.29) is 29.4 Å². The SMILES string of the molecule is Cl.Nc1ncc(CCCNS(=O)(=O)c2cccc(C(=O)O)c2)[nH]1. The number of aromatic amines is 1. The number of nitrogen functional groups attached to an aromatic ring is 1. The summed E-state index contributed by atoms with van der Waals surface area (Å²) in [5.41, 5.74) is 6.19. The fourth-order valence-corrected chi connectivity index (χ4v) is 2.99. The van der Waals surface area contributed by atoms with E-state index < -0.39 is 16.0 Å². The summed E-state index contributed by atoms with van der Waals surface area (Å²) in [4.78, 5) is 17.5. The minimum Gasteiger partial charge on any atom is -0.478 e. The van der Waals surface area contributed by atoms with Crippen LogP contribution < -0.4 is 10.5 Å². The lowest BCUT2D eigenvalue weighted by Gasteiger charge is -2.07. The summed E-state index contributed by atoms with van der Waals surface area (Å²) >= 11 is 0. The number of rotatable bonds is 7. The van der Waals surface area contributed by atoms with Crippen molar-refractivity contribution in [3.63, 3.8) is 0 Å². The van der Waals surface area contributed by atoms with Crippen LogP contribution in [-0.2, 0) is 16.4 Å². The van der Waals surface area contributed by atoms with Gasteiger partial charge in [-0.2, -0.15) is 0 Å². The smallest absolute Gasteiger partial charge is 0.335 e. The average Bonchev–Trinajstić information content (AvgIpc) is 2.89. The minimum absolute atomic E-state index is 0. The van der Waals surface area contributed by atoms with Gasteiger partial charge in [0.1, 0.15) is 0 Å². The monoisotopic (exact) mass is 360 g/mol. The van der Waals surface area contributed by atoms with Crippen LogP contribution in [0.1, 0.15) is 22.5 Å². The van der Waals surface area contributed by atoms with E-state index in [0.717, 1.165) is 11.8 Å². The number of aromatic carboxylic acids is 1. The number of benzene rings is 1. The van der Waals surface area contributed by atoms with E-state index in [1.54, 1.807) is 6.20 Å². The molecular weight excluding hydrogens is 344 g/mol. The molecule has 0 unspecified atom stereocenters. The van der Waals surface area contributed by atoms with Gasteiger partial charge in [0.25, 0.3) is 0 Å². The molecule has 2 rings (SSSR count). The first kappa shape index (κ1) is 18.9. The van der Waals surface area contributed by atoms with E-state index in [1.807, 2.05) is 0 Å². The minimum atomic E-state index is -3.73. The molecule has 0 bridgehead atoms. The topological polar surface area (TPSA) is 138 Å². The normalized spacial score (nSPS) is 11.0. The van der Waals surface area contributed by atoms with E-state index in [9.17, 15) is 13.2 Å². The molecule has 5 N–H and O–H groups in total. The molecule has 126 valence electrons. The van der Waals surface area contributed by atoms with E-state index >= 15 is 0 Å². The number of nitrogens with zero attached hydrogens (tertiary/aromatic N) is 1. The van der Waals surface area contributed by atoms with Gasteiger partial charge in [-0.15, -0.1) is 12.4 Å². The van der Waals surface area contributed by atoms with Crippen LogP contribution in [0.15, 0.2) is 35.4 Å². The number of aromatic nitrogens is 2. The Kier molecular flexibility index (Phi) is 6.55.